The number of hydrogen-bond donors (Lipinski definition) is 3. The quantitative estimate of drug-likeness (QED) is 0.382. The molecule has 0 radical (unpaired) electrons. The minimum Gasteiger partial charge on any atom is -0.495 e. The molecule has 0 saturated heterocycles. The van der Waals surface area contributed by atoms with Gasteiger partial charge in [-0.2, -0.15) is 13.4 Å². The van der Waals surface area contributed by atoms with Crippen LogP contribution in [0, 0.1) is 6.92 Å². The van der Waals surface area contributed by atoms with Gasteiger partial charge in [0.15, 0.2) is 0 Å². The molecular formula is C23H25FN6O5S. The monoisotopic (exact) mass is 516 g/mol. The molecule has 2 aromatic carbocycles. The third-order valence-corrected chi connectivity index (χ3v) is 6.06. The number of aryl methyl sites for hydroxylation is 1. The topological polar surface area (TPSA) is 149 Å². The Morgan fingerprint density at radius 1 is 1.17 bits per heavy atom. The molecule has 4 N–H and O–H groups in total. The van der Waals surface area contributed by atoms with Crippen molar-refractivity contribution in [1.82, 2.24) is 14.9 Å². The Balaban J connectivity index is 1.65. The number of primary amides is 1. The predicted molar refractivity (Wildman–Crippen MR) is 132 cm³/mol. The summed E-state index contributed by atoms with van der Waals surface area (Å²) in [5.74, 6) is -0.0207. The molecule has 0 aliphatic carbocycles. The van der Waals surface area contributed by atoms with Gasteiger partial charge < -0.3 is 30.2 Å². The summed E-state index contributed by atoms with van der Waals surface area (Å²) in [5, 5.41) is 6.14. The third kappa shape index (κ3) is 5.80. The van der Waals surface area contributed by atoms with E-state index in [1.807, 2.05) is 12.1 Å². The van der Waals surface area contributed by atoms with Crippen molar-refractivity contribution in [3.8, 4) is 11.5 Å². The number of hydrogen-bond acceptors (Lipinski definition) is 10. The molecule has 0 spiro atoms. The van der Waals surface area contributed by atoms with E-state index in [2.05, 4.69) is 36.7 Å². The lowest BCUT2D eigenvalue weighted by molar-refractivity contribution is 0.100. The number of halogens is 1. The van der Waals surface area contributed by atoms with E-state index in [1.165, 1.54) is 30.0 Å². The van der Waals surface area contributed by atoms with Gasteiger partial charge in [0.05, 0.1) is 12.8 Å². The highest BCUT2D eigenvalue weighted by molar-refractivity contribution is 7.81. The van der Waals surface area contributed by atoms with Crippen LogP contribution < -0.4 is 25.3 Å². The molecule has 1 amide bonds. The number of nitrogens with zero attached hydrogens (tertiary/aromatic N) is 3. The number of nitrogens with two attached hydrogens (primary N) is 1. The maximum Gasteiger partial charge on any atom is 0.488 e. The molecule has 3 aromatic rings. The van der Waals surface area contributed by atoms with Gasteiger partial charge in [-0.3, -0.25) is 4.79 Å². The number of rotatable bonds is 8. The molecule has 2 heterocycles. The Kier molecular flexibility index (Phi) is 6.95. The average Bonchev–Trinajstić information content (AvgIpc) is 2.79. The van der Waals surface area contributed by atoms with Crippen LogP contribution in [0.1, 0.15) is 27.0 Å². The van der Waals surface area contributed by atoms with Crippen LogP contribution in [0.3, 0.4) is 0 Å². The van der Waals surface area contributed by atoms with Crippen molar-refractivity contribution >= 4 is 39.6 Å². The van der Waals surface area contributed by atoms with Crippen molar-refractivity contribution in [1.29, 1.82) is 0 Å². The SMILES string of the molecule is COc1cc2c(cc1Nc1ncc(C(N)=O)c(Nc3ccc(OS(=O)(=O)F)cc3C)n1)CN(C)CC2. The first-order chi connectivity index (χ1) is 17.0. The van der Waals surface area contributed by atoms with Gasteiger partial charge in [0, 0.05) is 25.0 Å². The number of ether oxygens (including phenoxy) is 1. The summed E-state index contributed by atoms with van der Waals surface area (Å²) in [5.41, 5.74) is 9.53. The minimum absolute atomic E-state index is 0.0330. The maximum atomic E-state index is 12.8. The van der Waals surface area contributed by atoms with Crippen LogP contribution in [0.4, 0.5) is 27.0 Å². The van der Waals surface area contributed by atoms with Gasteiger partial charge in [0.1, 0.15) is 22.9 Å². The Bertz CT molecular complexity index is 1430. The van der Waals surface area contributed by atoms with Crippen molar-refractivity contribution in [3.63, 3.8) is 0 Å². The van der Waals surface area contributed by atoms with Crippen molar-refractivity contribution in [2.24, 2.45) is 5.73 Å². The number of amides is 1. The smallest absolute Gasteiger partial charge is 0.488 e. The summed E-state index contributed by atoms with van der Waals surface area (Å²) in [6.45, 7) is 3.40. The van der Waals surface area contributed by atoms with Gasteiger partial charge >= 0.3 is 10.5 Å². The van der Waals surface area contributed by atoms with E-state index >= 15 is 0 Å². The van der Waals surface area contributed by atoms with E-state index in [9.17, 15) is 17.1 Å². The first-order valence-corrected chi connectivity index (χ1v) is 12.2. The Labute approximate surface area is 207 Å². The first kappa shape index (κ1) is 25.1. The van der Waals surface area contributed by atoms with Gasteiger partial charge in [-0.15, -0.1) is 0 Å². The van der Waals surface area contributed by atoms with E-state index in [0.29, 0.717) is 22.7 Å². The summed E-state index contributed by atoms with van der Waals surface area (Å²) in [7, 11) is -1.52. The first-order valence-electron chi connectivity index (χ1n) is 10.9. The van der Waals surface area contributed by atoms with Crippen LogP contribution >= 0.6 is 0 Å². The lowest BCUT2D eigenvalue weighted by Crippen LogP contribution is -2.26. The second-order valence-electron chi connectivity index (χ2n) is 8.33. The highest BCUT2D eigenvalue weighted by Gasteiger charge is 2.19. The number of carbonyl (C=O) groups excluding carboxylic acids is 1. The number of likely N-dealkylation sites (N-methyl/N-ethyl adjacent to an activating group) is 1. The summed E-state index contributed by atoms with van der Waals surface area (Å²) < 4.78 is 44.1. The van der Waals surface area contributed by atoms with Crippen LogP contribution in [0.25, 0.3) is 0 Å². The molecule has 0 atom stereocenters. The van der Waals surface area contributed by atoms with E-state index in [4.69, 9.17) is 10.5 Å². The van der Waals surface area contributed by atoms with Crippen molar-refractivity contribution < 1.29 is 26.0 Å². The van der Waals surface area contributed by atoms with Gasteiger partial charge in [-0.1, -0.05) is 3.89 Å². The number of benzene rings is 2. The summed E-state index contributed by atoms with van der Waals surface area (Å²) in [4.78, 5) is 22.9. The maximum absolute atomic E-state index is 12.8. The summed E-state index contributed by atoms with van der Waals surface area (Å²) in [6, 6.07) is 8.01. The fourth-order valence-electron chi connectivity index (χ4n) is 3.90. The van der Waals surface area contributed by atoms with Crippen LogP contribution in [-0.2, 0) is 23.5 Å². The minimum atomic E-state index is -5.16. The standard InChI is InChI=1S/C23H25FN6O5S/c1-13-8-16(35-36(24,32)33)4-5-18(13)27-22-17(21(25)31)11-26-23(29-22)28-19-9-15-12-30(2)7-6-14(15)10-20(19)34-3/h4-5,8-11H,6-7,12H2,1-3H3,(H2,25,31)(H2,26,27,28,29). The van der Waals surface area contributed by atoms with E-state index in [1.54, 1.807) is 14.0 Å². The molecule has 13 heteroatoms. The van der Waals surface area contributed by atoms with Crippen molar-refractivity contribution in [2.45, 2.75) is 19.9 Å². The molecule has 0 bridgehead atoms. The Morgan fingerprint density at radius 3 is 2.61 bits per heavy atom. The Morgan fingerprint density at radius 2 is 1.94 bits per heavy atom. The summed E-state index contributed by atoms with van der Waals surface area (Å²) >= 11 is 0. The second-order valence-corrected chi connectivity index (χ2v) is 9.29. The number of nitrogens with one attached hydrogen (secondary N) is 2. The molecule has 0 saturated carbocycles. The molecule has 1 aliphatic heterocycles. The molecule has 36 heavy (non-hydrogen) atoms. The lowest BCUT2D eigenvalue weighted by Gasteiger charge is -2.26. The number of aromatic nitrogens is 2. The molecule has 190 valence electrons. The van der Waals surface area contributed by atoms with E-state index in [0.717, 1.165) is 25.1 Å². The van der Waals surface area contributed by atoms with E-state index in [-0.39, 0.29) is 23.1 Å². The van der Waals surface area contributed by atoms with Gasteiger partial charge in [0.25, 0.3) is 5.91 Å². The lowest BCUT2D eigenvalue weighted by atomic mass is 9.99. The van der Waals surface area contributed by atoms with Crippen molar-refractivity contribution in [2.75, 3.05) is 31.3 Å². The average molecular weight is 517 g/mol. The van der Waals surface area contributed by atoms with Gasteiger partial charge in [-0.25, -0.2) is 4.98 Å². The largest absolute Gasteiger partial charge is 0.495 e. The highest BCUT2D eigenvalue weighted by atomic mass is 32.3. The second kappa shape index (κ2) is 9.95. The number of carbonyl (C=O) groups is 1. The zero-order valence-corrected chi connectivity index (χ0v) is 20.6. The third-order valence-electron chi connectivity index (χ3n) is 5.67. The van der Waals surface area contributed by atoms with E-state index < -0.39 is 16.4 Å². The van der Waals surface area contributed by atoms with Crippen molar-refractivity contribution in [3.05, 3.63) is 58.8 Å². The van der Waals surface area contributed by atoms with Crippen LogP contribution in [0.2, 0.25) is 0 Å². The zero-order valence-electron chi connectivity index (χ0n) is 19.8. The highest BCUT2D eigenvalue weighted by Crippen LogP contribution is 2.33. The fourth-order valence-corrected chi connectivity index (χ4v) is 4.24. The number of fused-ring (bicyclic) bond motifs is 1. The van der Waals surface area contributed by atoms with Crippen LogP contribution in [0.15, 0.2) is 36.5 Å². The normalized spacial score (nSPS) is 13.6. The van der Waals surface area contributed by atoms with Gasteiger partial charge in [0.2, 0.25) is 5.95 Å². The number of anilines is 4. The number of methoxy groups -OCH3 is 1. The van der Waals surface area contributed by atoms with Crippen LogP contribution in [0.5, 0.6) is 11.5 Å². The predicted octanol–water partition coefficient (Wildman–Crippen LogP) is 2.96. The molecular weight excluding hydrogens is 491 g/mol. The Hall–Kier alpha value is -3.97. The molecule has 0 fully saturated rings. The zero-order chi connectivity index (χ0) is 26.0. The van der Waals surface area contributed by atoms with Crippen LogP contribution in [-0.4, -0.2) is 49.9 Å². The molecule has 4 rings (SSSR count). The van der Waals surface area contributed by atoms with Gasteiger partial charge in [-0.05, 0) is 67.4 Å². The molecule has 11 nitrogen and oxygen atoms in total. The molecule has 1 aliphatic rings. The molecule has 0 unspecified atom stereocenters. The molecule has 1 aromatic heterocycles. The summed E-state index contributed by atoms with van der Waals surface area (Å²) in [6.07, 6.45) is 2.21. The fraction of sp³-hybridized carbons (Fsp3) is 0.261.